The second-order valence-corrected chi connectivity index (χ2v) is 8.99. The van der Waals surface area contributed by atoms with Crippen molar-refractivity contribution < 1.29 is 18.7 Å². The summed E-state index contributed by atoms with van der Waals surface area (Å²) in [7, 11) is 1.57. The number of carbonyl (C=O) groups is 1. The van der Waals surface area contributed by atoms with Gasteiger partial charge in [-0.2, -0.15) is 0 Å². The molecule has 1 unspecified atom stereocenters. The summed E-state index contributed by atoms with van der Waals surface area (Å²) in [4.78, 5) is 12.9. The molecule has 0 aromatic heterocycles. The molecule has 1 heterocycles. The number of rotatable bonds is 7. The van der Waals surface area contributed by atoms with Crippen molar-refractivity contribution in [1.82, 2.24) is 5.32 Å². The SMILES string of the molecule is COc1cc(/C=C2\SC(Nc3ccccc3F)NC2=O)ccc1OCc1ccc(Br)cc1. The fourth-order valence-corrected chi connectivity index (χ4v) is 4.31. The number of hydrogen-bond donors (Lipinski definition) is 2. The van der Waals surface area contributed by atoms with Gasteiger partial charge in [-0.25, -0.2) is 4.39 Å². The zero-order valence-electron chi connectivity index (χ0n) is 17.1. The lowest BCUT2D eigenvalue weighted by Gasteiger charge is -2.13. The van der Waals surface area contributed by atoms with E-state index in [0.29, 0.717) is 28.7 Å². The number of amides is 1. The number of para-hydroxylation sites is 1. The van der Waals surface area contributed by atoms with Gasteiger partial charge in [0.1, 0.15) is 12.4 Å². The van der Waals surface area contributed by atoms with E-state index in [1.54, 1.807) is 31.4 Å². The van der Waals surface area contributed by atoms with Crippen molar-refractivity contribution in [2.75, 3.05) is 12.4 Å². The minimum absolute atomic E-state index is 0.224. The van der Waals surface area contributed by atoms with Gasteiger partial charge in [-0.1, -0.05) is 58.0 Å². The van der Waals surface area contributed by atoms with Crippen LogP contribution in [0.5, 0.6) is 11.5 Å². The number of methoxy groups -OCH3 is 1. The van der Waals surface area contributed by atoms with E-state index in [2.05, 4.69) is 26.6 Å². The lowest BCUT2D eigenvalue weighted by Crippen LogP contribution is -2.31. The summed E-state index contributed by atoms with van der Waals surface area (Å²) in [6.07, 6.45) is 1.77. The minimum atomic E-state index is -0.457. The van der Waals surface area contributed by atoms with Crippen molar-refractivity contribution in [2.45, 2.75) is 12.1 Å². The molecule has 2 N–H and O–H groups in total. The molecule has 3 aromatic carbocycles. The van der Waals surface area contributed by atoms with Crippen LogP contribution < -0.4 is 20.1 Å². The molecule has 1 aliphatic rings. The van der Waals surface area contributed by atoms with E-state index < -0.39 is 5.50 Å². The molecule has 1 saturated heterocycles. The molecule has 1 atom stereocenters. The molecular weight excluding hydrogens is 495 g/mol. The van der Waals surface area contributed by atoms with Crippen molar-refractivity contribution in [1.29, 1.82) is 0 Å². The van der Waals surface area contributed by atoms with E-state index >= 15 is 0 Å². The Morgan fingerprint density at radius 2 is 1.91 bits per heavy atom. The van der Waals surface area contributed by atoms with Gasteiger partial charge in [-0.05, 0) is 53.6 Å². The third kappa shape index (κ3) is 5.44. The highest BCUT2D eigenvalue weighted by molar-refractivity contribution is 9.10. The van der Waals surface area contributed by atoms with E-state index in [1.165, 1.54) is 17.8 Å². The van der Waals surface area contributed by atoms with Crippen LogP contribution in [-0.4, -0.2) is 18.5 Å². The predicted octanol–water partition coefficient (Wildman–Crippen LogP) is 5.78. The highest BCUT2D eigenvalue weighted by Gasteiger charge is 2.27. The number of nitrogens with one attached hydrogen (secondary N) is 2. The number of ether oxygens (including phenoxy) is 2. The summed E-state index contributed by atoms with van der Waals surface area (Å²) in [5.74, 6) is 0.586. The fraction of sp³-hybridized carbons (Fsp3) is 0.125. The molecule has 0 aliphatic carbocycles. The molecule has 1 fully saturated rings. The first kappa shape index (κ1) is 22.2. The van der Waals surface area contributed by atoms with E-state index in [-0.39, 0.29) is 11.7 Å². The smallest absolute Gasteiger partial charge is 0.260 e. The molecule has 1 amide bonds. The zero-order valence-corrected chi connectivity index (χ0v) is 19.5. The third-order valence-electron chi connectivity index (χ3n) is 4.68. The quantitative estimate of drug-likeness (QED) is 0.391. The average molecular weight is 515 g/mol. The molecule has 0 saturated carbocycles. The van der Waals surface area contributed by atoms with Crippen LogP contribution in [0.3, 0.4) is 0 Å². The lowest BCUT2D eigenvalue weighted by atomic mass is 10.2. The largest absolute Gasteiger partial charge is 0.493 e. The van der Waals surface area contributed by atoms with Gasteiger partial charge in [-0.3, -0.25) is 4.79 Å². The molecule has 8 heteroatoms. The fourth-order valence-electron chi connectivity index (χ4n) is 3.07. The Morgan fingerprint density at radius 3 is 2.66 bits per heavy atom. The Morgan fingerprint density at radius 1 is 1.12 bits per heavy atom. The predicted molar refractivity (Wildman–Crippen MR) is 129 cm³/mol. The van der Waals surface area contributed by atoms with Crippen molar-refractivity contribution in [3.8, 4) is 11.5 Å². The van der Waals surface area contributed by atoms with Crippen LogP contribution in [0.1, 0.15) is 11.1 Å². The maximum Gasteiger partial charge on any atom is 0.260 e. The summed E-state index contributed by atoms with van der Waals surface area (Å²) < 4.78 is 26.3. The first-order valence-electron chi connectivity index (χ1n) is 9.77. The normalized spacial score (nSPS) is 16.7. The van der Waals surface area contributed by atoms with Crippen LogP contribution in [0.25, 0.3) is 6.08 Å². The van der Waals surface area contributed by atoms with Gasteiger partial charge < -0.3 is 20.1 Å². The minimum Gasteiger partial charge on any atom is -0.493 e. The van der Waals surface area contributed by atoms with Gasteiger partial charge in [0.2, 0.25) is 0 Å². The summed E-state index contributed by atoms with van der Waals surface area (Å²) >= 11 is 4.71. The molecular formula is C24H20BrFN2O3S. The first-order chi connectivity index (χ1) is 15.5. The summed E-state index contributed by atoms with van der Waals surface area (Å²) in [5.41, 5.74) is 1.71. The van der Waals surface area contributed by atoms with E-state index in [4.69, 9.17) is 9.47 Å². The number of carbonyl (C=O) groups excluding carboxylic acids is 1. The maximum atomic E-state index is 13.9. The third-order valence-corrected chi connectivity index (χ3v) is 6.24. The van der Waals surface area contributed by atoms with Gasteiger partial charge in [-0.15, -0.1) is 0 Å². The number of halogens is 2. The summed E-state index contributed by atoms with van der Waals surface area (Å²) in [6.45, 7) is 0.408. The van der Waals surface area contributed by atoms with Gasteiger partial charge in [0, 0.05) is 4.47 Å². The van der Waals surface area contributed by atoms with Crippen molar-refractivity contribution in [2.24, 2.45) is 0 Å². The Kier molecular flexibility index (Phi) is 7.02. The molecule has 0 spiro atoms. The first-order valence-corrected chi connectivity index (χ1v) is 11.4. The van der Waals surface area contributed by atoms with E-state index in [9.17, 15) is 9.18 Å². The molecule has 1 aliphatic heterocycles. The lowest BCUT2D eigenvalue weighted by molar-refractivity contribution is -0.116. The monoisotopic (exact) mass is 514 g/mol. The second kappa shape index (κ2) is 10.1. The maximum absolute atomic E-state index is 13.9. The van der Waals surface area contributed by atoms with Crippen molar-refractivity contribution in [3.63, 3.8) is 0 Å². The van der Waals surface area contributed by atoms with Gasteiger partial charge in [0.05, 0.1) is 17.7 Å². The number of hydrogen-bond acceptors (Lipinski definition) is 5. The molecule has 164 valence electrons. The van der Waals surface area contributed by atoms with Crippen LogP contribution in [0, 0.1) is 5.82 Å². The molecule has 4 rings (SSSR count). The summed E-state index contributed by atoms with van der Waals surface area (Å²) in [5, 5.41) is 5.79. The van der Waals surface area contributed by atoms with Crippen LogP contribution >= 0.6 is 27.7 Å². The standard InChI is InChI=1S/C24H20BrFN2O3S/c1-30-21-12-16(8-11-20(21)31-14-15-6-9-17(25)10-7-15)13-22-23(29)28-24(32-22)27-19-5-3-2-4-18(19)26/h2-13,24,27H,14H2,1H3,(H,28,29)/b22-13-. The molecule has 0 radical (unpaired) electrons. The number of thioether (sulfide) groups is 1. The van der Waals surface area contributed by atoms with Gasteiger partial charge in [0.25, 0.3) is 5.91 Å². The highest BCUT2D eigenvalue weighted by atomic mass is 79.9. The Labute approximate surface area is 198 Å². The summed E-state index contributed by atoms with van der Waals surface area (Å²) in [6, 6.07) is 19.7. The topological polar surface area (TPSA) is 59.6 Å². The highest BCUT2D eigenvalue weighted by Crippen LogP contribution is 2.34. The van der Waals surface area contributed by atoms with Crippen molar-refractivity contribution in [3.05, 3.63) is 93.1 Å². The van der Waals surface area contributed by atoms with Gasteiger partial charge >= 0.3 is 0 Å². The second-order valence-electron chi connectivity index (χ2n) is 6.93. The Balaban J connectivity index is 1.44. The van der Waals surface area contributed by atoms with Crippen LogP contribution in [0.4, 0.5) is 10.1 Å². The van der Waals surface area contributed by atoms with Crippen LogP contribution in [0.15, 0.2) is 76.1 Å². The van der Waals surface area contributed by atoms with Gasteiger partial charge in [0.15, 0.2) is 17.0 Å². The van der Waals surface area contributed by atoms with E-state index in [0.717, 1.165) is 15.6 Å². The van der Waals surface area contributed by atoms with Crippen LogP contribution in [-0.2, 0) is 11.4 Å². The van der Waals surface area contributed by atoms with Crippen LogP contribution in [0.2, 0.25) is 0 Å². The Bertz CT molecular complexity index is 1150. The Hall–Kier alpha value is -2.97. The molecule has 32 heavy (non-hydrogen) atoms. The van der Waals surface area contributed by atoms with E-state index in [1.807, 2.05) is 42.5 Å². The van der Waals surface area contributed by atoms with Crippen molar-refractivity contribution >= 4 is 45.4 Å². The number of benzene rings is 3. The molecule has 3 aromatic rings. The molecule has 0 bridgehead atoms. The number of anilines is 1. The molecule has 5 nitrogen and oxygen atoms in total. The average Bonchev–Trinajstić information content (AvgIpc) is 3.14. The zero-order chi connectivity index (χ0) is 22.5.